The van der Waals surface area contributed by atoms with E-state index in [-0.39, 0.29) is 18.1 Å². The van der Waals surface area contributed by atoms with Gasteiger partial charge in [0.2, 0.25) is 0 Å². The van der Waals surface area contributed by atoms with Gasteiger partial charge in [-0.15, -0.1) is 0 Å². The SMILES string of the molecule is CC(C)=CC(=O)C[C@@](C)(O)[C@@H]1CC=C(C)CC1. The standard InChI is InChI=1S/C15H24O2/c1-11(2)9-14(16)10-15(4,17)13-7-5-12(3)6-8-13/h5,9,13,17H,6-8,10H2,1-4H3/t13-,15-/m1/s1. The molecule has 96 valence electrons. The lowest BCUT2D eigenvalue weighted by molar-refractivity contribution is -0.121. The molecule has 0 aromatic rings. The van der Waals surface area contributed by atoms with Crippen molar-refractivity contribution in [1.29, 1.82) is 0 Å². The van der Waals surface area contributed by atoms with E-state index < -0.39 is 5.60 Å². The Morgan fingerprint density at radius 1 is 1.59 bits per heavy atom. The molecule has 0 amide bonds. The average Bonchev–Trinajstić information content (AvgIpc) is 2.15. The molecule has 2 nitrogen and oxygen atoms in total. The highest BCUT2D eigenvalue weighted by molar-refractivity contribution is 5.90. The number of allylic oxidation sites excluding steroid dienone is 4. The molecule has 0 aromatic heterocycles. The van der Waals surface area contributed by atoms with Gasteiger partial charge in [0.1, 0.15) is 0 Å². The summed E-state index contributed by atoms with van der Waals surface area (Å²) in [6.07, 6.45) is 6.96. The Bertz CT molecular complexity index is 344. The Kier molecular flexibility index (Phi) is 4.70. The van der Waals surface area contributed by atoms with Crippen molar-refractivity contribution in [2.24, 2.45) is 5.92 Å². The molecule has 0 fully saturated rings. The molecule has 1 aliphatic rings. The summed E-state index contributed by atoms with van der Waals surface area (Å²) in [5, 5.41) is 10.4. The van der Waals surface area contributed by atoms with Crippen LogP contribution in [0.25, 0.3) is 0 Å². The van der Waals surface area contributed by atoms with Crippen molar-refractivity contribution in [2.45, 2.75) is 59.0 Å². The topological polar surface area (TPSA) is 37.3 Å². The fraction of sp³-hybridized carbons (Fsp3) is 0.667. The van der Waals surface area contributed by atoms with E-state index in [9.17, 15) is 9.90 Å². The van der Waals surface area contributed by atoms with Crippen LogP contribution in [-0.4, -0.2) is 16.5 Å². The van der Waals surface area contributed by atoms with E-state index in [1.807, 2.05) is 13.8 Å². The molecule has 0 saturated carbocycles. The Balaban J connectivity index is 2.62. The lowest BCUT2D eigenvalue weighted by Crippen LogP contribution is -2.37. The van der Waals surface area contributed by atoms with Crippen molar-refractivity contribution >= 4 is 5.78 Å². The van der Waals surface area contributed by atoms with Crippen LogP contribution >= 0.6 is 0 Å². The molecule has 0 aliphatic heterocycles. The summed E-state index contributed by atoms with van der Waals surface area (Å²) < 4.78 is 0. The third-order valence-electron chi connectivity index (χ3n) is 3.50. The van der Waals surface area contributed by atoms with Gasteiger partial charge in [-0.05, 0) is 59.0 Å². The van der Waals surface area contributed by atoms with Gasteiger partial charge in [-0.25, -0.2) is 0 Å². The van der Waals surface area contributed by atoms with Crippen LogP contribution < -0.4 is 0 Å². The second kappa shape index (κ2) is 5.63. The van der Waals surface area contributed by atoms with E-state index >= 15 is 0 Å². The first kappa shape index (κ1) is 14.2. The van der Waals surface area contributed by atoms with E-state index in [0.29, 0.717) is 0 Å². The van der Waals surface area contributed by atoms with Crippen molar-refractivity contribution in [3.05, 3.63) is 23.3 Å². The lowest BCUT2D eigenvalue weighted by atomic mass is 9.76. The smallest absolute Gasteiger partial charge is 0.158 e. The largest absolute Gasteiger partial charge is 0.389 e. The van der Waals surface area contributed by atoms with Crippen LogP contribution in [0.2, 0.25) is 0 Å². The first-order chi connectivity index (χ1) is 7.81. The van der Waals surface area contributed by atoms with Crippen LogP contribution in [0.5, 0.6) is 0 Å². The molecular formula is C15H24O2. The van der Waals surface area contributed by atoms with Gasteiger partial charge in [0.25, 0.3) is 0 Å². The van der Waals surface area contributed by atoms with Crippen molar-refractivity contribution in [3.8, 4) is 0 Å². The molecule has 1 rings (SSSR count). The van der Waals surface area contributed by atoms with Gasteiger partial charge >= 0.3 is 0 Å². The molecule has 0 heterocycles. The van der Waals surface area contributed by atoms with Crippen LogP contribution in [0, 0.1) is 5.92 Å². The summed E-state index contributed by atoms with van der Waals surface area (Å²) >= 11 is 0. The maximum Gasteiger partial charge on any atom is 0.158 e. The summed E-state index contributed by atoms with van der Waals surface area (Å²) in [6, 6.07) is 0. The highest BCUT2D eigenvalue weighted by atomic mass is 16.3. The van der Waals surface area contributed by atoms with Crippen LogP contribution in [-0.2, 0) is 4.79 Å². The molecule has 2 atom stereocenters. The number of carbonyl (C=O) groups excluding carboxylic acids is 1. The molecule has 0 saturated heterocycles. The van der Waals surface area contributed by atoms with Gasteiger partial charge in [0.05, 0.1) is 5.60 Å². The molecule has 0 unspecified atom stereocenters. The predicted molar refractivity (Wildman–Crippen MR) is 70.8 cm³/mol. The minimum absolute atomic E-state index is 0.0290. The molecule has 17 heavy (non-hydrogen) atoms. The van der Waals surface area contributed by atoms with Gasteiger partial charge in [0.15, 0.2) is 5.78 Å². The number of carbonyl (C=O) groups is 1. The summed E-state index contributed by atoms with van der Waals surface area (Å²) in [5.74, 6) is 0.238. The van der Waals surface area contributed by atoms with Crippen molar-refractivity contribution in [3.63, 3.8) is 0 Å². The van der Waals surface area contributed by atoms with Crippen molar-refractivity contribution in [1.82, 2.24) is 0 Å². The van der Waals surface area contributed by atoms with Gasteiger partial charge < -0.3 is 5.11 Å². The molecule has 0 aromatic carbocycles. The molecule has 2 heteroatoms. The van der Waals surface area contributed by atoms with Gasteiger partial charge in [-0.1, -0.05) is 17.2 Å². The van der Waals surface area contributed by atoms with E-state index in [4.69, 9.17) is 0 Å². The van der Waals surface area contributed by atoms with Crippen LogP contribution in [0.1, 0.15) is 53.4 Å². The zero-order valence-corrected chi connectivity index (χ0v) is 11.4. The number of aliphatic hydroxyl groups is 1. The maximum atomic E-state index is 11.7. The quantitative estimate of drug-likeness (QED) is 0.600. The van der Waals surface area contributed by atoms with E-state index in [1.54, 1.807) is 13.0 Å². The Hall–Kier alpha value is -0.890. The summed E-state index contributed by atoms with van der Waals surface area (Å²) in [5.41, 5.74) is 1.51. The van der Waals surface area contributed by atoms with E-state index in [1.165, 1.54) is 5.57 Å². The number of hydrogen-bond donors (Lipinski definition) is 1. The molecule has 1 aliphatic carbocycles. The Morgan fingerprint density at radius 2 is 2.24 bits per heavy atom. The normalized spacial score (nSPS) is 23.6. The third-order valence-corrected chi connectivity index (χ3v) is 3.50. The summed E-state index contributed by atoms with van der Waals surface area (Å²) in [7, 11) is 0. The summed E-state index contributed by atoms with van der Waals surface area (Å²) in [4.78, 5) is 11.7. The molecule has 0 bridgehead atoms. The fourth-order valence-electron chi connectivity index (χ4n) is 2.40. The van der Waals surface area contributed by atoms with Crippen LogP contribution in [0.15, 0.2) is 23.3 Å². The second-order valence-corrected chi connectivity index (χ2v) is 5.74. The minimum Gasteiger partial charge on any atom is -0.389 e. The highest BCUT2D eigenvalue weighted by Crippen LogP contribution is 2.34. The number of ketones is 1. The summed E-state index contributed by atoms with van der Waals surface area (Å²) in [6.45, 7) is 7.72. The average molecular weight is 236 g/mol. The first-order valence-electron chi connectivity index (χ1n) is 6.37. The molecule has 0 spiro atoms. The Labute approximate surface area is 104 Å². The molecule has 0 radical (unpaired) electrons. The highest BCUT2D eigenvalue weighted by Gasteiger charge is 2.33. The van der Waals surface area contributed by atoms with Crippen molar-refractivity contribution < 1.29 is 9.90 Å². The van der Waals surface area contributed by atoms with Crippen LogP contribution in [0.4, 0.5) is 0 Å². The molecular weight excluding hydrogens is 212 g/mol. The zero-order valence-electron chi connectivity index (χ0n) is 11.4. The second-order valence-electron chi connectivity index (χ2n) is 5.74. The zero-order chi connectivity index (χ0) is 13.1. The van der Waals surface area contributed by atoms with Gasteiger partial charge in [-0.2, -0.15) is 0 Å². The maximum absolute atomic E-state index is 11.7. The number of rotatable bonds is 4. The lowest BCUT2D eigenvalue weighted by Gasteiger charge is -2.34. The minimum atomic E-state index is -0.875. The third kappa shape index (κ3) is 4.47. The monoisotopic (exact) mass is 236 g/mol. The Morgan fingerprint density at radius 3 is 2.71 bits per heavy atom. The van der Waals surface area contributed by atoms with E-state index in [0.717, 1.165) is 24.8 Å². The van der Waals surface area contributed by atoms with Gasteiger partial charge in [0, 0.05) is 6.42 Å². The van der Waals surface area contributed by atoms with Gasteiger partial charge in [-0.3, -0.25) is 4.79 Å². The van der Waals surface area contributed by atoms with Crippen molar-refractivity contribution in [2.75, 3.05) is 0 Å². The number of hydrogen-bond acceptors (Lipinski definition) is 2. The first-order valence-corrected chi connectivity index (χ1v) is 6.37. The van der Waals surface area contributed by atoms with E-state index in [2.05, 4.69) is 13.0 Å². The molecule has 1 N–H and O–H groups in total. The van der Waals surface area contributed by atoms with Crippen LogP contribution in [0.3, 0.4) is 0 Å². The predicted octanol–water partition coefficient (Wildman–Crippen LogP) is 3.41. The fourth-order valence-corrected chi connectivity index (χ4v) is 2.40.